The number of hydrogen-bond acceptors (Lipinski definition) is 6. The van der Waals surface area contributed by atoms with Gasteiger partial charge in [0.05, 0.1) is 24.5 Å². The Hall–Kier alpha value is -3.78. The second-order valence-electron chi connectivity index (χ2n) is 11.4. The number of anilines is 1. The van der Waals surface area contributed by atoms with Gasteiger partial charge in [0.2, 0.25) is 0 Å². The van der Waals surface area contributed by atoms with Gasteiger partial charge in [0.25, 0.3) is 0 Å². The zero-order chi connectivity index (χ0) is 27.9. The van der Waals surface area contributed by atoms with E-state index in [0.29, 0.717) is 31.9 Å². The molecule has 0 saturated heterocycles. The maximum atomic E-state index is 12.9. The number of aromatic carboxylic acids is 1. The Morgan fingerprint density at radius 3 is 2.64 bits per heavy atom. The highest BCUT2D eigenvalue weighted by Gasteiger charge is 2.34. The SMILES string of the molecule is COCCCOc1cc2c(cc1-c1ccc3c(c1)OCCN3C)-c1cc(=O)c(C(=O)O)cn1C(C(C)(C)C)C2. The third kappa shape index (κ3) is 5.13. The number of carbonyl (C=O) groups is 1. The highest BCUT2D eigenvalue weighted by molar-refractivity contribution is 5.88. The Bertz CT molecular complexity index is 1470. The highest BCUT2D eigenvalue weighted by Crippen LogP contribution is 2.47. The van der Waals surface area contributed by atoms with E-state index in [9.17, 15) is 14.7 Å². The monoisotopic (exact) mass is 532 g/mol. The molecule has 39 heavy (non-hydrogen) atoms. The molecule has 0 aliphatic carbocycles. The van der Waals surface area contributed by atoms with Crippen LogP contribution >= 0.6 is 0 Å². The van der Waals surface area contributed by atoms with Gasteiger partial charge in [-0.3, -0.25) is 4.79 Å². The molecule has 2 aliphatic rings. The number of carboxylic acids is 1. The van der Waals surface area contributed by atoms with Crippen molar-refractivity contribution in [2.45, 2.75) is 39.7 Å². The molecular weight excluding hydrogens is 496 g/mol. The van der Waals surface area contributed by atoms with Crippen molar-refractivity contribution in [2.75, 3.05) is 45.4 Å². The van der Waals surface area contributed by atoms with Crippen LogP contribution in [-0.4, -0.2) is 56.2 Å². The van der Waals surface area contributed by atoms with Gasteiger partial charge < -0.3 is 28.8 Å². The number of pyridine rings is 1. The molecule has 0 amide bonds. The van der Waals surface area contributed by atoms with Gasteiger partial charge in [-0.15, -0.1) is 0 Å². The fourth-order valence-corrected chi connectivity index (χ4v) is 5.50. The summed E-state index contributed by atoms with van der Waals surface area (Å²) in [6.07, 6.45) is 2.95. The molecule has 3 aromatic rings. The van der Waals surface area contributed by atoms with Gasteiger partial charge in [0.1, 0.15) is 23.7 Å². The molecule has 5 rings (SSSR count). The van der Waals surface area contributed by atoms with E-state index < -0.39 is 11.4 Å². The zero-order valence-corrected chi connectivity index (χ0v) is 23.2. The Kier molecular flexibility index (Phi) is 7.16. The van der Waals surface area contributed by atoms with Crippen molar-refractivity contribution in [1.82, 2.24) is 4.57 Å². The molecule has 1 unspecified atom stereocenters. The summed E-state index contributed by atoms with van der Waals surface area (Å²) in [4.78, 5) is 26.9. The third-order valence-corrected chi connectivity index (χ3v) is 7.66. The number of likely N-dealkylation sites (N-methyl/N-ethyl adjacent to an activating group) is 1. The maximum Gasteiger partial charge on any atom is 0.341 e. The van der Waals surface area contributed by atoms with E-state index in [-0.39, 0.29) is 17.0 Å². The van der Waals surface area contributed by atoms with E-state index >= 15 is 0 Å². The summed E-state index contributed by atoms with van der Waals surface area (Å²) in [5.74, 6) is 0.368. The number of rotatable bonds is 7. The lowest BCUT2D eigenvalue weighted by molar-refractivity contribution is 0.0693. The van der Waals surface area contributed by atoms with Gasteiger partial charge in [-0.25, -0.2) is 4.79 Å². The molecule has 2 aromatic carbocycles. The van der Waals surface area contributed by atoms with Crippen molar-refractivity contribution >= 4 is 11.7 Å². The molecule has 1 atom stereocenters. The van der Waals surface area contributed by atoms with Crippen molar-refractivity contribution in [3.05, 3.63) is 63.9 Å². The van der Waals surface area contributed by atoms with Crippen molar-refractivity contribution in [1.29, 1.82) is 0 Å². The molecule has 8 heteroatoms. The molecule has 0 fully saturated rings. The number of methoxy groups -OCH3 is 1. The minimum Gasteiger partial charge on any atom is -0.493 e. The number of aromatic nitrogens is 1. The van der Waals surface area contributed by atoms with Gasteiger partial charge in [0.15, 0.2) is 5.43 Å². The predicted molar refractivity (Wildman–Crippen MR) is 151 cm³/mol. The average molecular weight is 533 g/mol. The molecule has 2 aliphatic heterocycles. The molecule has 1 aromatic heterocycles. The van der Waals surface area contributed by atoms with E-state index in [2.05, 4.69) is 57.0 Å². The van der Waals surface area contributed by atoms with Gasteiger partial charge in [0, 0.05) is 56.6 Å². The number of benzene rings is 2. The summed E-state index contributed by atoms with van der Waals surface area (Å²) in [7, 11) is 3.73. The van der Waals surface area contributed by atoms with E-state index in [1.807, 2.05) is 10.6 Å². The van der Waals surface area contributed by atoms with Crippen LogP contribution in [0.3, 0.4) is 0 Å². The van der Waals surface area contributed by atoms with E-state index in [1.54, 1.807) is 7.11 Å². The van der Waals surface area contributed by atoms with Crippen LogP contribution in [0, 0.1) is 5.41 Å². The molecule has 0 saturated carbocycles. The summed E-state index contributed by atoms with van der Waals surface area (Å²) in [6, 6.07) is 11.7. The molecular formula is C31H36N2O6. The van der Waals surface area contributed by atoms with Crippen molar-refractivity contribution in [2.24, 2.45) is 5.41 Å². The van der Waals surface area contributed by atoms with E-state index in [1.165, 1.54) is 12.3 Å². The minimum absolute atomic E-state index is 0.0430. The molecule has 0 bridgehead atoms. The van der Waals surface area contributed by atoms with Crippen molar-refractivity contribution < 1.29 is 24.1 Å². The Morgan fingerprint density at radius 2 is 1.92 bits per heavy atom. The number of hydrogen-bond donors (Lipinski definition) is 1. The fraction of sp³-hybridized carbons (Fsp3) is 0.419. The normalized spacial score (nSPS) is 16.1. The maximum absolute atomic E-state index is 12.9. The van der Waals surface area contributed by atoms with Crippen molar-refractivity contribution in [3.8, 4) is 33.9 Å². The van der Waals surface area contributed by atoms with Crippen LogP contribution in [0.5, 0.6) is 11.5 Å². The summed E-state index contributed by atoms with van der Waals surface area (Å²) >= 11 is 0. The lowest BCUT2D eigenvalue weighted by Gasteiger charge is -2.39. The fourth-order valence-electron chi connectivity index (χ4n) is 5.50. The standard InChI is InChI=1S/C31H36N2O6/c1-31(2,3)29-15-20-14-27(38-11-6-10-37-5)22(19-7-8-24-28(13-19)39-12-9-32(24)4)16-21(20)25-17-26(34)23(30(35)36)18-33(25)29/h7-8,13-14,16-18,29H,6,9-12,15H2,1-5H3,(H,35,36). The lowest BCUT2D eigenvalue weighted by atomic mass is 9.78. The molecule has 3 heterocycles. The van der Waals surface area contributed by atoms with Crippen LogP contribution in [-0.2, 0) is 11.2 Å². The van der Waals surface area contributed by atoms with Gasteiger partial charge in [-0.05, 0) is 47.2 Å². The number of carboxylic acid groups (broad SMARTS) is 1. The van der Waals surface area contributed by atoms with Crippen molar-refractivity contribution in [3.63, 3.8) is 0 Å². The number of nitrogens with zero attached hydrogens (tertiary/aromatic N) is 2. The minimum atomic E-state index is -1.21. The Balaban J connectivity index is 1.69. The first-order valence-electron chi connectivity index (χ1n) is 13.4. The predicted octanol–water partition coefficient (Wildman–Crippen LogP) is 5.27. The van der Waals surface area contributed by atoms with Crippen LogP contribution in [0.25, 0.3) is 22.4 Å². The topological polar surface area (TPSA) is 90.2 Å². The lowest BCUT2D eigenvalue weighted by Crippen LogP contribution is -2.32. The zero-order valence-electron chi connectivity index (χ0n) is 23.2. The first kappa shape index (κ1) is 26.8. The van der Waals surface area contributed by atoms with Crippen LogP contribution in [0.15, 0.2) is 47.4 Å². The van der Waals surface area contributed by atoms with Crippen LogP contribution in [0.4, 0.5) is 5.69 Å². The van der Waals surface area contributed by atoms with Gasteiger partial charge in [-0.1, -0.05) is 26.8 Å². The van der Waals surface area contributed by atoms with E-state index in [0.717, 1.165) is 52.4 Å². The summed E-state index contributed by atoms with van der Waals surface area (Å²) in [5.41, 5.74) is 4.66. The summed E-state index contributed by atoms with van der Waals surface area (Å²) in [6.45, 7) is 8.95. The Morgan fingerprint density at radius 1 is 1.13 bits per heavy atom. The first-order valence-corrected chi connectivity index (χ1v) is 13.4. The van der Waals surface area contributed by atoms with Gasteiger partial charge >= 0.3 is 5.97 Å². The first-order chi connectivity index (χ1) is 18.6. The highest BCUT2D eigenvalue weighted by atomic mass is 16.5. The van der Waals surface area contributed by atoms with E-state index in [4.69, 9.17) is 14.2 Å². The largest absolute Gasteiger partial charge is 0.493 e. The molecule has 0 spiro atoms. The summed E-state index contributed by atoms with van der Waals surface area (Å²) < 4.78 is 19.5. The third-order valence-electron chi connectivity index (χ3n) is 7.66. The van der Waals surface area contributed by atoms with Gasteiger partial charge in [-0.2, -0.15) is 0 Å². The van der Waals surface area contributed by atoms with Crippen LogP contribution < -0.4 is 19.8 Å². The molecule has 8 nitrogen and oxygen atoms in total. The molecule has 1 N–H and O–H groups in total. The second kappa shape index (κ2) is 10.4. The quantitative estimate of drug-likeness (QED) is 0.415. The molecule has 0 radical (unpaired) electrons. The van der Waals surface area contributed by atoms with Crippen LogP contribution in [0.2, 0.25) is 0 Å². The molecule has 206 valence electrons. The Labute approximate surface area is 228 Å². The summed E-state index contributed by atoms with van der Waals surface area (Å²) in [5, 5.41) is 9.66. The number of ether oxygens (including phenoxy) is 3. The second-order valence-corrected chi connectivity index (χ2v) is 11.4. The number of fused-ring (bicyclic) bond motifs is 4. The smallest absolute Gasteiger partial charge is 0.341 e. The average Bonchev–Trinajstić information content (AvgIpc) is 2.89. The van der Waals surface area contributed by atoms with Crippen LogP contribution in [0.1, 0.15) is 49.2 Å².